The molecule has 2 rings (SSSR count). The Labute approximate surface area is 128 Å². The second kappa shape index (κ2) is 6.28. The molecule has 0 aliphatic carbocycles. The molecule has 0 bridgehead atoms. The van der Waals surface area contributed by atoms with E-state index in [9.17, 15) is 4.79 Å². The quantitative estimate of drug-likeness (QED) is 0.931. The van der Waals surface area contributed by atoms with Gasteiger partial charge in [-0.3, -0.25) is 0 Å². The molecule has 0 radical (unpaired) electrons. The van der Waals surface area contributed by atoms with Crippen molar-refractivity contribution in [2.75, 3.05) is 13.1 Å². The smallest absolute Gasteiger partial charge is 0.410 e. The van der Waals surface area contributed by atoms with Crippen molar-refractivity contribution in [3.05, 3.63) is 15.5 Å². The number of hydrogen-bond donors (Lipinski definition) is 1. The number of thiazole rings is 1. The van der Waals surface area contributed by atoms with E-state index in [0.717, 1.165) is 18.0 Å². The molecular formula is C13H20ClN3O2S. The standard InChI is InChI=1S/C13H20ClN3O2S/c1-13(2,3)19-12(18)17-5-4-9(8-17)15-7-11-16-6-10(14)20-11/h6,9,15H,4-5,7-8H2,1-3H3. The van der Waals surface area contributed by atoms with Gasteiger partial charge < -0.3 is 15.0 Å². The third-order valence-electron chi connectivity index (χ3n) is 2.91. The van der Waals surface area contributed by atoms with Crippen molar-refractivity contribution in [1.82, 2.24) is 15.2 Å². The fourth-order valence-electron chi connectivity index (χ4n) is 2.02. The van der Waals surface area contributed by atoms with Crippen molar-refractivity contribution in [3.8, 4) is 0 Å². The zero-order valence-corrected chi connectivity index (χ0v) is 13.6. The number of hydrogen-bond acceptors (Lipinski definition) is 5. The van der Waals surface area contributed by atoms with E-state index >= 15 is 0 Å². The van der Waals surface area contributed by atoms with E-state index in [1.54, 1.807) is 11.1 Å². The largest absolute Gasteiger partial charge is 0.444 e. The lowest BCUT2D eigenvalue weighted by Crippen LogP contribution is -2.38. The molecule has 1 N–H and O–H groups in total. The van der Waals surface area contributed by atoms with Gasteiger partial charge in [-0.25, -0.2) is 9.78 Å². The van der Waals surface area contributed by atoms with E-state index in [1.807, 2.05) is 20.8 Å². The van der Waals surface area contributed by atoms with E-state index in [4.69, 9.17) is 16.3 Å². The lowest BCUT2D eigenvalue weighted by Gasteiger charge is -2.24. The molecule has 1 aromatic heterocycles. The summed E-state index contributed by atoms with van der Waals surface area (Å²) >= 11 is 7.31. The van der Waals surface area contributed by atoms with Gasteiger partial charge in [0.25, 0.3) is 0 Å². The second-order valence-electron chi connectivity index (χ2n) is 5.85. The highest BCUT2D eigenvalue weighted by Gasteiger charge is 2.29. The summed E-state index contributed by atoms with van der Waals surface area (Å²) in [6, 6.07) is 0.283. The van der Waals surface area contributed by atoms with E-state index < -0.39 is 5.60 Å². The lowest BCUT2D eigenvalue weighted by atomic mass is 10.2. The minimum atomic E-state index is -0.444. The molecule has 1 unspecified atom stereocenters. The first-order chi connectivity index (χ1) is 9.33. The van der Waals surface area contributed by atoms with Crippen LogP contribution in [-0.4, -0.2) is 40.7 Å². The molecule has 2 heterocycles. The van der Waals surface area contributed by atoms with Crippen LogP contribution in [-0.2, 0) is 11.3 Å². The molecular weight excluding hydrogens is 298 g/mol. The number of aromatic nitrogens is 1. The molecule has 0 aromatic carbocycles. The minimum Gasteiger partial charge on any atom is -0.444 e. The molecule has 1 aliphatic heterocycles. The van der Waals surface area contributed by atoms with E-state index in [-0.39, 0.29) is 12.1 Å². The summed E-state index contributed by atoms with van der Waals surface area (Å²) in [7, 11) is 0. The Morgan fingerprint density at radius 2 is 2.40 bits per heavy atom. The van der Waals surface area contributed by atoms with Gasteiger partial charge in [0.1, 0.15) is 14.9 Å². The number of nitrogens with zero attached hydrogens (tertiary/aromatic N) is 2. The van der Waals surface area contributed by atoms with Gasteiger partial charge in [0, 0.05) is 25.7 Å². The highest BCUT2D eigenvalue weighted by Crippen LogP contribution is 2.19. The van der Waals surface area contributed by atoms with E-state index in [0.29, 0.717) is 17.4 Å². The number of rotatable bonds is 3. The fraction of sp³-hybridized carbons (Fsp3) is 0.692. The summed E-state index contributed by atoms with van der Waals surface area (Å²) in [4.78, 5) is 17.9. The highest BCUT2D eigenvalue weighted by atomic mass is 35.5. The van der Waals surface area contributed by atoms with Crippen LogP contribution in [0.15, 0.2) is 6.20 Å². The van der Waals surface area contributed by atoms with Gasteiger partial charge in [0.05, 0.1) is 6.20 Å². The lowest BCUT2D eigenvalue weighted by molar-refractivity contribution is 0.0291. The van der Waals surface area contributed by atoms with Crippen LogP contribution in [0.4, 0.5) is 4.79 Å². The molecule has 1 aromatic rings. The van der Waals surface area contributed by atoms with Crippen LogP contribution in [0.3, 0.4) is 0 Å². The van der Waals surface area contributed by atoms with Gasteiger partial charge in [-0.1, -0.05) is 11.6 Å². The average molecular weight is 318 g/mol. The van der Waals surface area contributed by atoms with Crippen LogP contribution in [0.1, 0.15) is 32.2 Å². The first kappa shape index (κ1) is 15.5. The van der Waals surface area contributed by atoms with Crippen LogP contribution in [0.5, 0.6) is 0 Å². The molecule has 20 heavy (non-hydrogen) atoms. The van der Waals surface area contributed by atoms with Gasteiger partial charge in [0.15, 0.2) is 0 Å². The summed E-state index contributed by atoms with van der Waals surface area (Å²) in [6.07, 6.45) is 2.35. The normalized spacial score (nSPS) is 19.4. The monoisotopic (exact) mass is 317 g/mol. The zero-order valence-electron chi connectivity index (χ0n) is 12.0. The Hall–Kier alpha value is -0.850. The Morgan fingerprint density at radius 1 is 1.65 bits per heavy atom. The summed E-state index contributed by atoms with van der Waals surface area (Å²) < 4.78 is 6.07. The van der Waals surface area contributed by atoms with Crippen molar-refractivity contribution < 1.29 is 9.53 Å². The Kier molecular flexibility index (Phi) is 4.88. The first-order valence-corrected chi connectivity index (χ1v) is 7.84. The van der Waals surface area contributed by atoms with Crippen LogP contribution in [0.25, 0.3) is 0 Å². The Morgan fingerprint density at radius 3 is 3.00 bits per heavy atom. The van der Waals surface area contributed by atoms with Crippen LogP contribution in [0.2, 0.25) is 4.34 Å². The maximum Gasteiger partial charge on any atom is 0.410 e. The molecule has 1 fully saturated rings. The number of ether oxygens (including phenoxy) is 1. The number of carbonyl (C=O) groups is 1. The van der Waals surface area contributed by atoms with Gasteiger partial charge in [-0.2, -0.15) is 0 Å². The topological polar surface area (TPSA) is 54.5 Å². The van der Waals surface area contributed by atoms with Gasteiger partial charge >= 0.3 is 6.09 Å². The number of halogens is 1. The molecule has 0 saturated carbocycles. The second-order valence-corrected chi connectivity index (χ2v) is 7.60. The highest BCUT2D eigenvalue weighted by molar-refractivity contribution is 7.15. The Balaban J connectivity index is 1.76. The van der Waals surface area contributed by atoms with Crippen molar-refractivity contribution in [1.29, 1.82) is 0 Å². The first-order valence-electron chi connectivity index (χ1n) is 6.65. The number of nitrogens with one attached hydrogen (secondary N) is 1. The molecule has 0 spiro atoms. The summed E-state index contributed by atoms with van der Waals surface area (Å²) in [6.45, 7) is 7.72. The fourth-order valence-corrected chi connectivity index (χ4v) is 2.93. The van der Waals surface area contributed by atoms with E-state index in [2.05, 4.69) is 10.3 Å². The SMILES string of the molecule is CC(C)(C)OC(=O)N1CCC(NCc2ncc(Cl)s2)C1. The average Bonchev–Trinajstić information content (AvgIpc) is 2.93. The van der Waals surface area contributed by atoms with Crippen molar-refractivity contribution in [2.24, 2.45) is 0 Å². The molecule has 1 atom stereocenters. The van der Waals surface area contributed by atoms with Gasteiger partial charge in [-0.15, -0.1) is 11.3 Å². The minimum absolute atomic E-state index is 0.237. The predicted octanol–water partition coefficient (Wildman–Crippen LogP) is 2.90. The number of carbonyl (C=O) groups excluding carboxylic acids is 1. The van der Waals surface area contributed by atoms with Crippen molar-refractivity contribution in [2.45, 2.75) is 45.4 Å². The molecule has 1 amide bonds. The summed E-state index contributed by atoms with van der Waals surface area (Å²) in [5.74, 6) is 0. The number of likely N-dealkylation sites (tertiary alicyclic amines) is 1. The van der Waals surface area contributed by atoms with Crippen molar-refractivity contribution >= 4 is 29.0 Å². The van der Waals surface area contributed by atoms with Crippen molar-refractivity contribution in [3.63, 3.8) is 0 Å². The predicted molar refractivity (Wildman–Crippen MR) is 80.2 cm³/mol. The van der Waals surface area contributed by atoms with E-state index in [1.165, 1.54) is 11.3 Å². The molecule has 112 valence electrons. The third kappa shape index (κ3) is 4.61. The molecule has 1 aliphatic rings. The Bertz CT molecular complexity index is 472. The zero-order chi connectivity index (χ0) is 14.8. The maximum atomic E-state index is 11.9. The summed E-state index contributed by atoms with van der Waals surface area (Å²) in [5.41, 5.74) is -0.444. The van der Waals surface area contributed by atoms with Crippen LogP contribution in [0, 0.1) is 0 Å². The van der Waals surface area contributed by atoms with Crippen LogP contribution >= 0.6 is 22.9 Å². The van der Waals surface area contributed by atoms with Gasteiger partial charge in [0.2, 0.25) is 0 Å². The molecule has 7 heteroatoms. The third-order valence-corrected chi connectivity index (χ3v) is 4.02. The maximum absolute atomic E-state index is 11.9. The van der Waals surface area contributed by atoms with Crippen LogP contribution < -0.4 is 5.32 Å². The number of amides is 1. The van der Waals surface area contributed by atoms with Gasteiger partial charge in [-0.05, 0) is 27.2 Å². The summed E-state index contributed by atoms with van der Waals surface area (Å²) in [5, 5.41) is 4.36. The molecule has 1 saturated heterocycles. The molecule has 5 nitrogen and oxygen atoms in total.